The number of carboxylic acid groups (broad SMARTS) is 1. The summed E-state index contributed by atoms with van der Waals surface area (Å²) in [6.45, 7) is 3.85. The van der Waals surface area contributed by atoms with Gasteiger partial charge in [-0.25, -0.2) is 0 Å². The molecule has 0 saturated heterocycles. The van der Waals surface area contributed by atoms with Crippen LogP contribution in [0.3, 0.4) is 0 Å². The van der Waals surface area contributed by atoms with E-state index >= 15 is 0 Å². The van der Waals surface area contributed by atoms with Gasteiger partial charge in [-0.3, -0.25) is 9.59 Å². The number of hydrogen-bond donors (Lipinski definition) is 2. The highest BCUT2D eigenvalue weighted by Crippen LogP contribution is 2.14. The van der Waals surface area contributed by atoms with Crippen LogP contribution >= 0.6 is 0 Å². The average Bonchev–Trinajstić information content (AvgIpc) is 2.28. The second-order valence-electron chi connectivity index (χ2n) is 4.45. The number of hydrogen-bond acceptors (Lipinski definition) is 2. The summed E-state index contributed by atoms with van der Waals surface area (Å²) >= 11 is 0. The van der Waals surface area contributed by atoms with Gasteiger partial charge in [0.25, 0.3) is 0 Å². The Balaban J connectivity index is 2.57. The molecule has 4 nitrogen and oxygen atoms in total. The predicted molar refractivity (Wildman–Crippen MR) is 70.5 cm³/mol. The summed E-state index contributed by atoms with van der Waals surface area (Å²) in [5.74, 6) is -1.75. The van der Waals surface area contributed by atoms with Crippen molar-refractivity contribution in [1.29, 1.82) is 0 Å². The molecule has 0 aromatic heterocycles. The lowest BCUT2D eigenvalue weighted by Crippen LogP contribution is -2.22. The molecule has 0 bridgehead atoms. The molecule has 1 rings (SSSR count). The molecule has 2 N–H and O–H groups in total. The van der Waals surface area contributed by atoms with Gasteiger partial charge in [0.2, 0.25) is 5.91 Å². The SMILES string of the molecule is CCCC(CC(=O)Nc1cccc(C)c1)C(=O)O. The molecule has 0 aliphatic rings. The van der Waals surface area contributed by atoms with E-state index in [2.05, 4.69) is 5.32 Å². The Labute approximate surface area is 107 Å². The Morgan fingerprint density at radius 3 is 2.67 bits per heavy atom. The van der Waals surface area contributed by atoms with E-state index in [-0.39, 0.29) is 12.3 Å². The third kappa shape index (κ3) is 4.57. The van der Waals surface area contributed by atoms with Crippen LogP contribution in [0, 0.1) is 12.8 Å². The van der Waals surface area contributed by atoms with Crippen molar-refractivity contribution in [2.24, 2.45) is 5.92 Å². The Bertz CT molecular complexity index is 429. The molecule has 1 aromatic carbocycles. The number of anilines is 1. The van der Waals surface area contributed by atoms with Gasteiger partial charge in [0.1, 0.15) is 0 Å². The van der Waals surface area contributed by atoms with Gasteiger partial charge in [0.05, 0.1) is 5.92 Å². The third-order valence-corrected chi connectivity index (χ3v) is 2.72. The van der Waals surface area contributed by atoms with E-state index in [0.29, 0.717) is 12.1 Å². The normalized spacial score (nSPS) is 11.9. The van der Waals surface area contributed by atoms with Crippen molar-refractivity contribution >= 4 is 17.6 Å². The van der Waals surface area contributed by atoms with Crippen molar-refractivity contribution in [1.82, 2.24) is 0 Å². The maximum atomic E-state index is 11.7. The van der Waals surface area contributed by atoms with Gasteiger partial charge in [-0.2, -0.15) is 0 Å². The highest BCUT2D eigenvalue weighted by atomic mass is 16.4. The Kier molecular flexibility index (Phi) is 5.36. The molecule has 18 heavy (non-hydrogen) atoms. The first-order valence-corrected chi connectivity index (χ1v) is 6.12. The monoisotopic (exact) mass is 249 g/mol. The molecular weight excluding hydrogens is 230 g/mol. The lowest BCUT2D eigenvalue weighted by atomic mass is 9.99. The molecule has 0 spiro atoms. The molecule has 98 valence electrons. The zero-order valence-corrected chi connectivity index (χ0v) is 10.8. The maximum Gasteiger partial charge on any atom is 0.307 e. The molecule has 0 fully saturated rings. The molecule has 1 unspecified atom stereocenters. The van der Waals surface area contributed by atoms with Gasteiger partial charge in [0.15, 0.2) is 0 Å². The van der Waals surface area contributed by atoms with E-state index in [0.717, 1.165) is 12.0 Å². The number of carbonyl (C=O) groups excluding carboxylic acids is 1. The number of aryl methyl sites for hydroxylation is 1. The van der Waals surface area contributed by atoms with Gasteiger partial charge >= 0.3 is 5.97 Å². The first kappa shape index (κ1) is 14.2. The van der Waals surface area contributed by atoms with Crippen LogP contribution in [0.1, 0.15) is 31.7 Å². The van der Waals surface area contributed by atoms with Crippen LogP contribution in [-0.4, -0.2) is 17.0 Å². The molecule has 1 aromatic rings. The van der Waals surface area contributed by atoms with E-state index < -0.39 is 11.9 Å². The van der Waals surface area contributed by atoms with Gasteiger partial charge in [-0.15, -0.1) is 0 Å². The number of rotatable bonds is 6. The van der Waals surface area contributed by atoms with E-state index in [9.17, 15) is 9.59 Å². The van der Waals surface area contributed by atoms with Crippen LogP contribution in [0.25, 0.3) is 0 Å². The fraction of sp³-hybridized carbons (Fsp3) is 0.429. The molecule has 0 aliphatic heterocycles. The molecule has 0 heterocycles. The number of carboxylic acids is 1. The van der Waals surface area contributed by atoms with Crippen molar-refractivity contribution < 1.29 is 14.7 Å². The van der Waals surface area contributed by atoms with E-state index in [1.165, 1.54) is 0 Å². The second kappa shape index (κ2) is 6.79. The van der Waals surface area contributed by atoms with E-state index in [1.807, 2.05) is 32.0 Å². The van der Waals surface area contributed by atoms with Crippen LogP contribution < -0.4 is 5.32 Å². The summed E-state index contributed by atoms with van der Waals surface area (Å²) < 4.78 is 0. The fourth-order valence-corrected chi connectivity index (χ4v) is 1.82. The summed E-state index contributed by atoms with van der Waals surface area (Å²) in [5.41, 5.74) is 1.76. The van der Waals surface area contributed by atoms with Crippen molar-refractivity contribution in [3.05, 3.63) is 29.8 Å². The largest absolute Gasteiger partial charge is 0.481 e. The summed E-state index contributed by atoms with van der Waals surface area (Å²) in [5, 5.41) is 11.7. The predicted octanol–water partition coefficient (Wildman–Crippen LogP) is 2.82. The van der Waals surface area contributed by atoms with E-state index in [1.54, 1.807) is 6.07 Å². The number of benzene rings is 1. The molecule has 4 heteroatoms. The van der Waals surface area contributed by atoms with Crippen molar-refractivity contribution in [3.8, 4) is 0 Å². The Morgan fingerprint density at radius 2 is 2.11 bits per heavy atom. The van der Waals surface area contributed by atoms with Crippen molar-refractivity contribution in [2.75, 3.05) is 5.32 Å². The number of carbonyl (C=O) groups is 2. The number of amides is 1. The summed E-state index contributed by atoms with van der Waals surface area (Å²) in [6.07, 6.45) is 1.31. The van der Waals surface area contributed by atoms with Gasteiger partial charge in [-0.05, 0) is 31.0 Å². The zero-order chi connectivity index (χ0) is 13.5. The van der Waals surface area contributed by atoms with Crippen LogP contribution in [0.5, 0.6) is 0 Å². The van der Waals surface area contributed by atoms with Crippen LogP contribution in [0.4, 0.5) is 5.69 Å². The topological polar surface area (TPSA) is 66.4 Å². The van der Waals surface area contributed by atoms with Crippen LogP contribution in [0.2, 0.25) is 0 Å². The summed E-state index contributed by atoms with van der Waals surface area (Å²) in [7, 11) is 0. The quantitative estimate of drug-likeness (QED) is 0.814. The first-order chi connectivity index (χ1) is 8.52. The number of aliphatic carboxylic acids is 1. The smallest absolute Gasteiger partial charge is 0.307 e. The van der Waals surface area contributed by atoms with Gasteiger partial charge in [0, 0.05) is 12.1 Å². The minimum atomic E-state index is -0.906. The highest BCUT2D eigenvalue weighted by molar-refractivity contribution is 5.93. The Morgan fingerprint density at radius 1 is 1.39 bits per heavy atom. The molecular formula is C14H19NO3. The molecule has 0 radical (unpaired) electrons. The Hall–Kier alpha value is -1.84. The first-order valence-electron chi connectivity index (χ1n) is 6.12. The van der Waals surface area contributed by atoms with Gasteiger partial charge in [-0.1, -0.05) is 25.5 Å². The summed E-state index contributed by atoms with van der Waals surface area (Å²) in [4.78, 5) is 22.7. The molecule has 0 aliphatic carbocycles. The standard InChI is InChI=1S/C14H19NO3/c1-3-5-11(14(17)18)9-13(16)15-12-7-4-6-10(2)8-12/h4,6-8,11H,3,5,9H2,1-2H3,(H,15,16)(H,17,18). The third-order valence-electron chi connectivity index (χ3n) is 2.72. The average molecular weight is 249 g/mol. The van der Waals surface area contributed by atoms with Crippen molar-refractivity contribution in [3.63, 3.8) is 0 Å². The lowest BCUT2D eigenvalue weighted by Gasteiger charge is -2.11. The summed E-state index contributed by atoms with van der Waals surface area (Å²) in [6, 6.07) is 7.44. The van der Waals surface area contributed by atoms with Gasteiger partial charge < -0.3 is 10.4 Å². The minimum absolute atomic E-state index is 0.0249. The molecule has 1 amide bonds. The lowest BCUT2D eigenvalue weighted by molar-refractivity contribution is -0.143. The van der Waals surface area contributed by atoms with E-state index in [4.69, 9.17) is 5.11 Å². The zero-order valence-electron chi connectivity index (χ0n) is 10.8. The van der Waals surface area contributed by atoms with Crippen LogP contribution in [0.15, 0.2) is 24.3 Å². The number of nitrogens with one attached hydrogen (secondary N) is 1. The maximum absolute atomic E-state index is 11.7. The minimum Gasteiger partial charge on any atom is -0.481 e. The van der Waals surface area contributed by atoms with Crippen molar-refractivity contribution in [2.45, 2.75) is 33.1 Å². The molecule has 1 atom stereocenters. The second-order valence-corrected chi connectivity index (χ2v) is 4.45. The highest BCUT2D eigenvalue weighted by Gasteiger charge is 2.20. The van der Waals surface area contributed by atoms with Crippen LogP contribution in [-0.2, 0) is 9.59 Å². The molecule has 0 saturated carbocycles. The fourth-order valence-electron chi connectivity index (χ4n) is 1.82.